The molecule has 5 heteroatoms. The fourth-order valence-corrected chi connectivity index (χ4v) is 2.82. The van der Waals surface area contributed by atoms with Crippen molar-refractivity contribution in [3.63, 3.8) is 0 Å². The Labute approximate surface area is 135 Å². The van der Waals surface area contributed by atoms with Gasteiger partial charge >= 0.3 is 0 Å². The highest BCUT2D eigenvalue weighted by atomic mass is 16.2. The van der Waals surface area contributed by atoms with Gasteiger partial charge in [-0.3, -0.25) is 19.2 Å². The van der Waals surface area contributed by atoms with Gasteiger partial charge in [-0.05, 0) is 17.5 Å². The minimum atomic E-state index is -0.267. The first-order valence-corrected chi connectivity index (χ1v) is 7.67. The second-order valence-corrected chi connectivity index (χ2v) is 5.78. The first kappa shape index (κ1) is 15.2. The maximum atomic E-state index is 12.4. The van der Waals surface area contributed by atoms with Crippen LogP contribution in [-0.2, 0) is 23.1 Å². The number of nitrogens with zero attached hydrogens (tertiary/aromatic N) is 3. The van der Waals surface area contributed by atoms with Crippen LogP contribution in [0.5, 0.6) is 0 Å². The van der Waals surface area contributed by atoms with E-state index in [0.29, 0.717) is 13.0 Å². The van der Waals surface area contributed by atoms with Gasteiger partial charge in [0.15, 0.2) is 0 Å². The van der Waals surface area contributed by atoms with Crippen molar-refractivity contribution in [1.82, 2.24) is 14.7 Å². The van der Waals surface area contributed by atoms with Crippen LogP contribution in [0, 0.1) is 5.92 Å². The lowest BCUT2D eigenvalue weighted by atomic mass is 10.0. The van der Waals surface area contributed by atoms with Gasteiger partial charge in [-0.1, -0.05) is 42.5 Å². The van der Waals surface area contributed by atoms with Crippen LogP contribution in [0.3, 0.4) is 0 Å². The van der Waals surface area contributed by atoms with E-state index in [1.807, 2.05) is 55.7 Å². The first-order valence-electron chi connectivity index (χ1n) is 7.67. The van der Waals surface area contributed by atoms with Crippen molar-refractivity contribution in [1.29, 1.82) is 0 Å². The molecule has 3 rings (SSSR count). The standard InChI is InChI=1S/C18H19N3O2/c1-20-13-15(12-19-20)10-16-11-17(22)21(18(16)23)9-5-8-14-6-3-2-4-7-14/h2-8,12-13,16H,9-11H2,1H3. The Morgan fingerprint density at radius 3 is 2.74 bits per heavy atom. The summed E-state index contributed by atoms with van der Waals surface area (Å²) in [7, 11) is 1.84. The molecule has 0 aliphatic carbocycles. The third-order valence-electron chi connectivity index (χ3n) is 3.98. The molecule has 2 aromatic rings. The SMILES string of the molecule is Cn1cc(CC2CC(=O)N(CC=Cc3ccccc3)C2=O)cn1. The maximum Gasteiger partial charge on any atom is 0.233 e. The largest absolute Gasteiger partial charge is 0.278 e. The first-order chi connectivity index (χ1) is 11.1. The number of aromatic nitrogens is 2. The number of aryl methyl sites for hydroxylation is 1. The second-order valence-electron chi connectivity index (χ2n) is 5.78. The quantitative estimate of drug-likeness (QED) is 0.794. The van der Waals surface area contributed by atoms with E-state index in [1.165, 1.54) is 4.90 Å². The van der Waals surface area contributed by atoms with Crippen LogP contribution in [-0.4, -0.2) is 33.0 Å². The summed E-state index contributed by atoms with van der Waals surface area (Å²) in [5.74, 6) is -0.449. The zero-order valence-electron chi connectivity index (χ0n) is 13.1. The predicted octanol–water partition coefficient (Wildman–Crippen LogP) is 2.05. The van der Waals surface area contributed by atoms with E-state index in [0.717, 1.165) is 11.1 Å². The minimum absolute atomic E-state index is 0.0865. The lowest BCUT2D eigenvalue weighted by molar-refractivity contribution is -0.138. The molecule has 1 fully saturated rings. The molecule has 0 N–H and O–H groups in total. The summed E-state index contributed by atoms with van der Waals surface area (Å²) in [6.07, 6.45) is 8.27. The Bertz CT molecular complexity index is 734. The lowest BCUT2D eigenvalue weighted by Crippen LogP contribution is -2.31. The third kappa shape index (κ3) is 3.56. The monoisotopic (exact) mass is 309 g/mol. The zero-order valence-corrected chi connectivity index (χ0v) is 13.1. The molecule has 0 spiro atoms. The molecule has 1 aliphatic rings. The highest BCUT2D eigenvalue weighted by molar-refractivity contribution is 6.03. The van der Waals surface area contributed by atoms with E-state index in [9.17, 15) is 9.59 Å². The molecule has 0 radical (unpaired) electrons. The van der Waals surface area contributed by atoms with E-state index in [4.69, 9.17) is 0 Å². The fraction of sp³-hybridized carbons (Fsp3) is 0.278. The van der Waals surface area contributed by atoms with Gasteiger partial charge in [0.05, 0.1) is 12.1 Å². The normalized spacial score (nSPS) is 18.3. The molecule has 2 amide bonds. The van der Waals surface area contributed by atoms with Crippen molar-refractivity contribution in [2.24, 2.45) is 13.0 Å². The molecule has 118 valence electrons. The van der Waals surface area contributed by atoms with Crippen LogP contribution in [0.15, 0.2) is 48.8 Å². The van der Waals surface area contributed by atoms with E-state index >= 15 is 0 Å². The minimum Gasteiger partial charge on any atom is -0.278 e. The molecule has 1 aromatic carbocycles. The molecule has 5 nitrogen and oxygen atoms in total. The number of likely N-dealkylation sites (tertiary alicyclic amines) is 1. The molecule has 2 heterocycles. The highest BCUT2D eigenvalue weighted by Crippen LogP contribution is 2.23. The molecule has 0 saturated carbocycles. The summed E-state index contributed by atoms with van der Waals surface area (Å²) < 4.78 is 1.71. The average Bonchev–Trinajstić information content (AvgIpc) is 3.06. The van der Waals surface area contributed by atoms with Gasteiger partial charge in [0.2, 0.25) is 11.8 Å². The van der Waals surface area contributed by atoms with E-state index in [-0.39, 0.29) is 24.2 Å². The Morgan fingerprint density at radius 1 is 1.26 bits per heavy atom. The number of imide groups is 1. The Balaban J connectivity index is 1.61. The van der Waals surface area contributed by atoms with Crippen molar-refractivity contribution in [2.45, 2.75) is 12.8 Å². The molecule has 1 aliphatic heterocycles. The van der Waals surface area contributed by atoms with Crippen LogP contribution in [0.4, 0.5) is 0 Å². The van der Waals surface area contributed by atoms with Crippen molar-refractivity contribution in [3.05, 3.63) is 59.9 Å². The highest BCUT2D eigenvalue weighted by Gasteiger charge is 2.37. The summed E-state index contributed by atoms with van der Waals surface area (Å²) in [5, 5.41) is 4.10. The zero-order chi connectivity index (χ0) is 16.2. The summed E-state index contributed by atoms with van der Waals surface area (Å²) in [5.41, 5.74) is 2.04. The average molecular weight is 309 g/mol. The maximum absolute atomic E-state index is 12.4. The number of benzene rings is 1. The molecule has 1 atom stereocenters. The predicted molar refractivity (Wildman–Crippen MR) is 87.2 cm³/mol. The lowest BCUT2D eigenvalue weighted by Gasteiger charge is -2.12. The molecule has 1 unspecified atom stereocenters. The molecule has 23 heavy (non-hydrogen) atoms. The summed E-state index contributed by atoms with van der Waals surface area (Å²) >= 11 is 0. The second kappa shape index (κ2) is 6.60. The Kier molecular flexibility index (Phi) is 4.37. The van der Waals surface area contributed by atoms with Crippen LogP contribution in [0.1, 0.15) is 17.5 Å². The smallest absolute Gasteiger partial charge is 0.233 e. The van der Waals surface area contributed by atoms with E-state index < -0.39 is 0 Å². The van der Waals surface area contributed by atoms with Crippen LogP contribution < -0.4 is 0 Å². The summed E-state index contributed by atoms with van der Waals surface area (Å²) in [4.78, 5) is 25.8. The summed E-state index contributed by atoms with van der Waals surface area (Å²) in [6, 6.07) is 9.82. The van der Waals surface area contributed by atoms with Crippen LogP contribution >= 0.6 is 0 Å². The van der Waals surface area contributed by atoms with Crippen molar-refractivity contribution >= 4 is 17.9 Å². The summed E-state index contributed by atoms with van der Waals surface area (Å²) in [6.45, 7) is 0.329. The molecule has 1 aromatic heterocycles. The number of carbonyl (C=O) groups is 2. The number of rotatable bonds is 5. The molecule has 0 bridgehead atoms. The van der Waals surface area contributed by atoms with E-state index in [2.05, 4.69) is 5.10 Å². The fourth-order valence-electron chi connectivity index (χ4n) is 2.82. The van der Waals surface area contributed by atoms with Crippen LogP contribution in [0.25, 0.3) is 6.08 Å². The van der Waals surface area contributed by atoms with Crippen LogP contribution in [0.2, 0.25) is 0 Å². The van der Waals surface area contributed by atoms with Gasteiger partial charge < -0.3 is 0 Å². The topological polar surface area (TPSA) is 55.2 Å². The van der Waals surface area contributed by atoms with Crippen molar-refractivity contribution < 1.29 is 9.59 Å². The van der Waals surface area contributed by atoms with Gasteiger partial charge in [-0.2, -0.15) is 5.10 Å². The number of amides is 2. The number of carbonyl (C=O) groups excluding carboxylic acids is 2. The van der Waals surface area contributed by atoms with Gasteiger partial charge in [0.1, 0.15) is 0 Å². The van der Waals surface area contributed by atoms with Crippen molar-refractivity contribution in [3.8, 4) is 0 Å². The van der Waals surface area contributed by atoms with Crippen molar-refractivity contribution in [2.75, 3.05) is 6.54 Å². The van der Waals surface area contributed by atoms with Gasteiger partial charge in [0.25, 0.3) is 0 Å². The Morgan fingerprint density at radius 2 is 2.04 bits per heavy atom. The molecule has 1 saturated heterocycles. The molecular formula is C18H19N3O2. The number of hydrogen-bond donors (Lipinski definition) is 0. The third-order valence-corrected chi connectivity index (χ3v) is 3.98. The molecular weight excluding hydrogens is 290 g/mol. The number of hydrogen-bond acceptors (Lipinski definition) is 3. The Hall–Kier alpha value is -2.69. The van der Waals surface area contributed by atoms with Gasteiger partial charge in [0, 0.05) is 26.2 Å². The van der Waals surface area contributed by atoms with Gasteiger partial charge in [-0.15, -0.1) is 0 Å². The van der Waals surface area contributed by atoms with E-state index in [1.54, 1.807) is 10.9 Å². The van der Waals surface area contributed by atoms with Gasteiger partial charge in [-0.25, -0.2) is 0 Å².